The summed E-state index contributed by atoms with van der Waals surface area (Å²) >= 11 is 1.57. The highest BCUT2D eigenvalue weighted by Crippen LogP contribution is 2.40. The van der Waals surface area contributed by atoms with Gasteiger partial charge >= 0.3 is 5.97 Å². The van der Waals surface area contributed by atoms with Crippen molar-refractivity contribution in [3.63, 3.8) is 0 Å². The summed E-state index contributed by atoms with van der Waals surface area (Å²) in [5, 5.41) is 14.3. The molecule has 1 aliphatic carbocycles. The van der Waals surface area contributed by atoms with Gasteiger partial charge < -0.3 is 5.11 Å². The number of aryl methyl sites for hydroxylation is 1. The molecule has 1 heterocycles. The Kier molecular flexibility index (Phi) is 4.85. The molecule has 0 aliphatic heterocycles. The summed E-state index contributed by atoms with van der Waals surface area (Å²) in [6, 6.07) is 0. The summed E-state index contributed by atoms with van der Waals surface area (Å²) in [5.41, 5.74) is 0. The van der Waals surface area contributed by atoms with E-state index in [2.05, 4.69) is 17.0 Å². The minimum Gasteiger partial charge on any atom is -0.481 e. The average Bonchev–Trinajstić information content (AvgIpc) is 2.75. The molecule has 0 spiro atoms. The summed E-state index contributed by atoms with van der Waals surface area (Å²) < 4.78 is 1.72. The molecule has 0 bridgehead atoms. The van der Waals surface area contributed by atoms with E-state index in [1.54, 1.807) is 16.4 Å². The molecule has 1 N–H and O–H groups in total. The largest absolute Gasteiger partial charge is 0.481 e. The number of carbonyl (C=O) groups is 1. The Labute approximate surface area is 117 Å². The first kappa shape index (κ1) is 14.4. The van der Waals surface area contributed by atoms with Crippen LogP contribution in [0.15, 0.2) is 11.5 Å². The lowest BCUT2D eigenvalue weighted by Crippen LogP contribution is -2.33. The predicted molar refractivity (Wildman–Crippen MR) is 74.0 cm³/mol. The van der Waals surface area contributed by atoms with Gasteiger partial charge in [0.05, 0.1) is 5.92 Å². The van der Waals surface area contributed by atoms with Gasteiger partial charge in [-0.05, 0) is 25.2 Å². The van der Waals surface area contributed by atoms with Crippen LogP contribution in [0.3, 0.4) is 0 Å². The zero-order chi connectivity index (χ0) is 13.8. The van der Waals surface area contributed by atoms with Crippen molar-refractivity contribution in [1.82, 2.24) is 14.8 Å². The lowest BCUT2D eigenvalue weighted by molar-refractivity contribution is -0.142. The molecule has 1 fully saturated rings. The molecule has 106 valence electrons. The van der Waals surface area contributed by atoms with E-state index in [0.717, 1.165) is 24.4 Å². The Balaban J connectivity index is 2.07. The lowest BCUT2D eigenvalue weighted by Gasteiger charge is -2.33. The number of hydrogen-bond acceptors (Lipinski definition) is 4. The van der Waals surface area contributed by atoms with Gasteiger partial charge in [-0.25, -0.2) is 9.67 Å². The van der Waals surface area contributed by atoms with Crippen LogP contribution in [-0.4, -0.2) is 31.1 Å². The van der Waals surface area contributed by atoms with Gasteiger partial charge in [0.1, 0.15) is 6.33 Å². The highest BCUT2D eigenvalue weighted by Gasteiger charge is 2.36. The third kappa shape index (κ3) is 3.49. The van der Waals surface area contributed by atoms with Crippen molar-refractivity contribution in [1.29, 1.82) is 0 Å². The highest BCUT2D eigenvalue weighted by molar-refractivity contribution is 7.99. The van der Waals surface area contributed by atoms with Gasteiger partial charge in [0, 0.05) is 12.3 Å². The molecule has 1 aromatic rings. The normalized spacial score (nSPS) is 27.4. The molecular formula is C13H21N3O2S. The van der Waals surface area contributed by atoms with E-state index >= 15 is 0 Å². The second-order valence-corrected chi connectivity index (χ2v) is 6.44. The molecule has 19 heavy (non-hydrogen) atoms. The average molecular weight is 283 g/mol. The Morgan fingerprint density at radius 2 is 2.37 bits per heavy atom. The maximum absolute atomic E-state index is 11.4. The zero-order valence-electron chi connectivity index (χ0n) is 11.5. The summed E-state index contributed by atoms with van der Waals surface area (Å²) in [5.74, 6) is -0.268. The SMILES string of the molecule is CCCC1CCC(C(=O)O)C(Sc2ncnn2C)C1. The number of nitrogens with zero attached hydrogens (tertiary/aromatic N) is 3. The van der Waals surface area contributed by atoms with Crippen LogP contribution in [0.5, 0.6) is 0 Å². The fourth-order valence-corrected chi connectivity index (χ4v) is 4.19. The van der Waals surface area contributed by atoms with Crippen LogP contribution < -0.4 is 0 Å². The van der Waals surface area contributed by atoms with Crippen molar-refractivity contribution in [3.05, 3.63) is 6.33 Å². The van der Waals surface area contributed by atoms with Crippen LogP contribution in [0.4, 0.5) is 0 Å². The first-order chi connectivity index (χ1) is 9.11. The third-order valence-corrected chi connectivity index (χ3v) is 5.25. The molecule has 3 unspecified atom stereocenters. The maximum Gasteiger partial charge on any atom is 0.307 e. The molecule has 2 rings (SSSR count). The van der Waals surface area contributed by atoms with Crippen LogP contribution in [0.25, 0.3) is 0 Å². The summed E-state index contributed by atoms with van der Waals surface area (Å²) in [7, 11) is 1.84. The number of thioether (sulfide) groups is 1. The van der Waals surface area contributed by atoms with Crippen molar-refractivity contribution in [2.75, 3.05) is 0 Å². The molecular weight excluding hydrogens is 262 g/mol. The third-order valence-electron chi connectivity index (χ3n) is 3.84. The minimum atomic E-state index is -0.672. The summed E-state index contributed by atoms with van der Waals surface area (Å²) in [4.78, 5) is 15.6. The van der Waals surface area contributed by atoms with Gasteiger partial charge in [0.15, 0.2) is 5.16 Å². The van der Waals surface area contributed by atoms with Crippen LogP contribution >= 0.6 is 11.8 Å². The Morgan fingerprint density at radius 1 is 1.58 bits per heavy atom. The van der Waals surface area contributed by atoms with E-state index in [4.69, 9.17) is 0 Å². The topological polar surface area (TPSA) is 68.0 Å². The molecule has 0 amide bonds. The number of aliphatic carboxylic acids is 1. The van der Waals surface area contributed by atoms with Gasteiger partial charge in [-0.1, -0.05) is 31.5 Å². The molecule has 0 aromatic carbocycles. The van der Waals surface area contributed by atoms with E-state index in [0.29, 0.717) is 5.92 Å². The molecule has 5 nitrogen and oxygen atoms in total. The van der Waals surface area contributed by atoms with E-state index < -0.39 is 5.97 Å². The fourth-order valence-electron chi connectivity index (χ4n) is 2.82. The number of rotatable bonds is 5. The summed E-state index contributed by atoms with van der Waals surface area (Å²) in [6.45, 7) is 2.19. The monoisotopic (exact) mass is 283 g/mol. The van der Waals surface area contributed by atoms with Gasteiger partial charge in [-0.15, -0.1) is 0 Å². The van der Waals surface area contributed by atoms with Crippen molar-refractivity contribution in [2.24, 2.45) is 18.9 Å². The molecule has 1 aromatic heterocycles. The van der Waals surface area contributed by atoms with E-state index in [9.17, 15) is 9.90 Å². The van der Waals surface area contributed by atoms with E-state index in [1.165, 1.54) is 19.2 Å². The molecule has 3 atom stereocenters. The Morgan fingerprint density at radius 3 is 2.95 bits per heavy atom. The van der Waals surface area contributed by atoms with Crippen molar-refractivity contribution in [2.45, 2.75) is 49.4 Å². The molecule has 1 aliphatic rings. The number of carboxylic acid groups (broad SMARTS) is 1. The van der Waals surface area contributed by atoms with E-state index in [-0.39, 0.29) is 11.2 Å². The van der Waals surface area contributed by atoms with Gasteiger partial charge in [-0.3, -0.25) is 4.79 Å². The number of aromatic nitrogens is 3. The minimum absolute atomic E-state index is 0.116. The van der Waals surface area contributed by atoms with Crippen molar-refractivity contribution < 1.29 is 9.90 Å². The Bertz CT molecular complexity index is 435. The van der Waals surface area contributed by atoms with Gasteiger partial charge in [-0.2, -0.15) is 5.10 Å². The number of carboxylic acids is 1. The van der Waals surface area contributed by atoms with Gasteiger partial charge in [0.25, 0.3) is 0 Å². The molecule has 0 saturated heterocycles. The molecule has 1 saturated carbocycles. The Hall–Kier alpha value is -1.04. The van der Waals surface area contributed by atoms with Crippen molar-refractivity contribution in [3.8, 4) is 0 Å². The predicted octanol–water partition coefficient (Wildman–Crippen LogP) is 2.58. The van der Waals surface area contributed by atoms with Crippen LogP contribution in [-0.2, 0) is 11.8 Å². The van der Waals surface area contributed by atoms with Crippen LogP contribution in [0.1, 0.15) is 39.0 Å². The molecule has 0 radical (unpaired) electrons. The van der Waals surface area contributed by atoms with E-state index in [1.807, 2.05) is 7.05 Å². The smallest absolute Gasteiger partial charge is 0.307 e. The van der Waals surface area contributed by atoms with Gasteiger partial charge in [0.2, 0.25) is 0 Å². The van der Waals surface area contributed by atoms with Crippen LogP contribution in [0.2, 0.25) is 0 Å². The maximum atomic E-state index is 11.4. The van der Waals surface area contributed by atoms with Crippen LogP contribution in [0, 0.1) is 11.8 Å². The fraction of sp³-hybridized carbons (Fsp3) is 0.769. The second-order valence-electron chi connectivity index (χ2n) is 5.24. The second kappa shape index (κ2) is 6.41. The lowest BCUT2D eigenvalue weighted by atomic mass is 9.80. The zero-order valence-corrected chi connectivity index (χ0v) is 12.3. The number of hydrogen-bond donors (Lipinski definition) is 1. The summed E-state index contributed by atoms with van der Waals surface area (Å²) in [6.07, 6.45) is 6.69. The molecule has 6 heteroatoms. The first-order valence-electron chi connectivity index (χ1n) is 6.85. The standard InChI is InChI=1S/C13H21N3O2S/c1-3-4-9-5-6-10(12(17)18)11(7-9)19-13-14-8-15-16(13)2/h8-11H,3-7H2,1-2H3,(H,17,18). The van der Waals surface area contributed by atoms with Crippen molar-refractivity contribution >= 4 is 17.7 Å². The highest BCUT2D eigenvalue weighted by atomic mass is 32.2. The first-order valence-corrected chi connectivity index (χ1v) is 7.73. The quantitative estimate of drug-likeness (QED) is 0.899.